The number of thiazole rings is 1. The average Bonchev–Trinajstić information content (AvgIpc) is 3.28. The van der Waals surface area contributed by atoms with Crippen molar-refractivity contribution in [2.45, 2.75) is 38.6 Å². The van der Waals surface area contributed by atoms with Crippen LogP contribution in [0.3, 0.4) is 0 Å². The summed E-state index contributed by atoms with van der Waals surface area (Å²) >= 11 is 1.55. The van der Waals surface area contributed by atoms with Crippen molar-refractivity contribution in [3.05, 3.63) is 64.5 Å². The number of carbonyl (C=O) groups is 2. The van der Waals surface area contributed by atoms with E-state index < -0.39 is 0 Å². The van der Waals surface area contributed by atoms with E-state index in [4.69, 9.17) is 4.74 Å². The fourth-order valence-corrected chi connectivity index (χ4v) is 4.31. The maximum absolute atomic E-state index is 12.3. The lowest BCUT2D eigenvalue weighted by Crippen LogP contribution is -2.26. The predicted octanol–water partition coefficient (Wildman–Crippen LogP) is 4.73. The highest BCUT2D eigenvalue weighted by Gasteiger charge is 2.16. The second-order valence-electron chi connectivity index (χ2n) is 7.55. The summed E-state index contributed by atoms with van der Waals surface area (Å²) in [5, 5.41) is 8.79. The van der Waals surface area contributed by atoms with Gasteiger partial charge >= 0.3 is 0 Å². The minimum absolute atomic E-state index is 0.0132. The number of benzene rings is 2. The largest absolute Gasteiger partial charge is 0.494 e. The molecule has 0 radical (unpaired) electrons. The number of nitrogens with zero attached hydrogens (tertiary/aromatic N) is 1. The summed E-state index contributed by atoms with van der Waals surface area (Å²) in [6.45, 7) is 2.41. The molecule has 160 valence electrons. The van der Waals surface area contributed by atoms with Crippen molar-refractivity contribution in [1.82, 2.24) is 10.3 Å². The van der Waals surface area contributed by atoms with Crippen LogP contribution in [-0.4, -0.2) is 23.4 Å². The van der Waals surface area contributed by atoms with E-state index in [2.05, 4.69) is 15.6 Å². The van der Waals surface area contributed by atoms with Gasteiger partial charge in [-0.15, -0.1) is 11.3 Å². The molecule has 0 bridgehead atoms. The molecule has 1 aromatic heterocycles. The van der Waals surface area contributed by atoms with Crippen molar-refractivity contribution >= 4 is 28.8 Å². The highest BCUT2D eigenvalue weighted by Crippen LogP contribution is 2.27. The van der Waals surface area contributed by atoms with E-state index in [-0.39, 0.29) is 17.9 Å². The molecule has 0 spiro atoms. The molecule has 2 N–H and O–H groups in total. The summed E-state index contributed by atoms with van der Waals surface area (Å²) in [5.41, 5.74) is 3.95. The van der Waals surface area contributed by atoms with Crippen LogP contribution in [0.15, 0.2) is 53.9 Å². The van der Waals surface area contributed by atoms with Crippen LogP contribution >= 0.6 is 11.3 Å². The summed E-state index contributed by atoms with van der Waals surface area (Å²) in [7, 11) is 0. The van der Waals surface area contributed by atoms with Crippen LogP contribution in [0.5, 0.6) is 5.75 Å². The monoisotopic (exact) mass is 435 g/mol. The third-order valence-electron chi connectivity index (χ3n) is 5.13. The summed E-state index contributed by atoms with van der Waals surface area (Å²) < 4.78 is 5.79. The Morgan fingerprint density at radius 2 is 2.06 bits per heavy atom. The Morgan fingerprint density at radius 3 is 2.90 bits per heavy atom. The van der Waals surface area contributed by atoms with Gasteiger partial charge in [-0.05, 0) is 43.5 Å². The lowest BCUT2D eigenvalue weighted by molar-refractivity contribution is -0.122. The maximum atomic E-state index is 12.3. The van der Waals surface area contributed by atoms with Crippen LogP contribution in [0.1, 0.15) is 42.8 Å². The lowest BCUT2D eigenvalue weighted by atomic mass is 10.0. The quantitative estimate of drug-likeness (QED) is 0.501. The van der Waals surface area contributed by atoms with E-state index in [1.807, 2.05) is 60.8 Å². The second-order valence-corrected chi connectivity index (χ2v) is 8.44. The topological polar surface area (TPSA) is 80.3 Å². The first-order valence-corrected chi connectivity index (χ1v) is 11.3. The third kappa shape index (κ3) is 5.49. The van der Waals surface area contributed by atoms with Crippen molar-refractivity contribution in [2.24, 2.45) is 0 Å². The van der Waals surface area contributed by atoms with Crippen molar-refractivity contribution in [1.29, 1.82) is 0 Å². The SMILES string of the molecule is CC(NC(=O)CCCOc1ccc2c(c1)CCC(=O)N2)c1nc(-c2ccccc2)cs1. The van der Waals surface area contributed by atoms with Crippen LogP contribution in [0.2, 0.25) is 0 Å². The van der Waals surface area contributed by atoms with Crippen molar-refractivity contribution in [3.63, 3.8) is 0 Å². The smallest absolute Gasteiger partial charge is 0.224 e. The lowest BCUT2D eigenvalue weighted by Gasteiger charge is -2.17. The van der Waals surface area contributed by atoms with Crippen molar-refractivity contribution in [2.75, 3.05) is 11.9 Å². The highest BCUT2D eigenvalue weighted by atomic mass is 32.1. The molecule has 0 fully saturated rings. The van der Waals surface area contributed by atoms with Gasteiger partial charge in [0.2, 0.25) is 11.8 Å². The molecule has 2 aromatic carbocycles. The van der Waals surface area contributed by atoms with E-state index in [1.165, 1.54) is 0 Å². The maximum Gasteiger partial charge on any atom is 0.224 e. The molecule has 0 saturated carbocycles. The number of hydrogen-bond donors (Lipinski definition) is 2. The van der Waals surface area contributed by atoms with Gasteiger partial charge in [-0.2, -0.15) is 0 Å². The van der Waals surface area contributed by atoms with Crippen molar-refractivity contribution in [3.8, 4) is 17.0 Å². The van der Waals surface area contributed by atoms with Gasteiger partial charge in [-0.25, -0.2) is 4.98 Å². The van der Waals surface area contributed by atoms with Gasteiger partial charge in [0.1, 0.15) is 10.8 Å². The summed E-state index contributed by atoms with van der Waals surface area (Å²) in [6, 6.07) is 15.6. The zero-order valence-electron chi connectivity index (χ0n) is 17.4. The van der Waals surface area contributed by atoms with Crippen LogP contribution in [0, 0.1) is 0 Å². The first-order chi connectivity index (χ1) is 15.1. The first kappa shape index (κ1) is 21.1. The molecular weight excluding hydrogens is 410 g/mol. The number of carbonyl (C=O) groups excluding carboxylic acids is 2. The van der Waals surface area contributed by atoms with Gasteiger partial charge < -0.3 is 15.4 Å². The molecule has 1 atom stereocenters. The number of nitrogens with one attached hydrogen (secondary N) is 2. The predicted molar refractivity (Wildman–Crippen MR) is 122 cm³/mol. The molecular formula is C24H25N3O3S. The van der Waals surface area contributed by atoms with Gasteiger partial charge in [-0.1, -0.05) is 30.3 Å². The van der Waals surface area contributed by atoms with E-state index >= 15 is 0 Å². The summed E-state index contributed by atoms with van der Waals surface area (Å²) in [4.78, 5) is 28.4. The standard InChI is InChI=1S/C24H25N3O3S/c1-16(24-27-21(15-31-24)17-6-3-2-4-7-17)25-22(28)8-5-13-30-19-10-11-20-18(14-19)9-12-23(29)26-20/h2-4,6-7,10-11,14-16H,5,8-9,12-13H2,1H3,(H,25,28)(H,26,29). The number of hydrogen-bond acceptors (Lipinski definition) is 5. The van der Waals surface area contributed by atoms with Gasteiger partial charge in [0, 0.05) is 29.5 Å². The van der Waals surface area contributed by atoms with Gasteiger partial charge in [0.05, 0.1) is 18.3 Å². The van der Waals surface area contributed by atoms with Crippen LogP contribution in [-0.2, 0) is 16.0 Å². The summed E-state index contributed by atoms with van der Waals surface area (Å²) in [5.74, 6) is 0.802. The molecule has 2 heterocycles. The molecule has 0 aliphatic carbocycles. The van der Waals surface area contributed by atoms with Crippen LogP contribution in [0.25, 0.3) is 11.3 Å². The Morgan fingerprint density at radius 1 is 1.23 bits per heavy atom. The molecule has 1 aliphatic heterocycles. The number of aromatic nitrogens is 1. The number of ether oxygens (including phenoxy) is 1. The molecule has 31 heavy (non-hydrogen) atoms. The zero-order chi connectivity index (χ0) is 21.6. The second kappa shape index (κ2) is 9.75. The van der Waals surface area contributed by atoms with Gasteiger partial charge in [-0.3, -0.25) is 9.59 Å². The van der Waals surface area contributed by atoms with Gasteiger partial charge in [0.25, 0.3) is 0 Å². The Hall–Kier alpha value is -3.19. The van der Waals surface area contributed by atoms with Crippen LogP contribution in [0.4, 0.5) is 5.69 Å². The zero-order valence-corrected chi connectivity index (χ0v) is 18.2. The summed E-state index contributed by atoms with van der Waals surface area (Å²) in [6.07, 6.45) is 2.24. The van der Waals surface area contributed by atoms with E-state index in [0.29, 0.717) is 25.9 Å². The van der Waals surface area contributed by atoms with Crippen molar-refractivity contribution < 1.29 is 14.3 Å². The Bertz CT molecular complexity index is 1060. The Balaban J connectivity index is 1.21. The molecule has 0 saturated heterocycles. The molecule has 3 aromatic rings. The first-order valence-electron chi connectivity index (χ1n) is 10.4. The highest BCUT2D eigenvalue weighted by molar-refractivity contribution is 7.10. The Labute approximate surface area is 185 Å². The molecule has 2 amide bonds. The molecule has 7 heteroatoms. The normalized spacial score (nSPS) is 13.8. The van der Waals surface area contributed by atoms with E-state index in [9.17, 15) is 9.59 Å². The number of amides is 2. The number of fused-ring (bicyclic) bond motifs is 1. The van der Waals surface area contributed by atoms with E-state index in [1.54, 1.807) is 11.3 Å². The molecule has 4 rings (SSSR count). The number of anilines is 1. The fourth-order valence-electron chi connectivity index (χ4n) is 3.48. The average molecular weight is 436 g/mol. The van der Waals surface area contributed by atoms with Gasteiger partial charge in [0.15, 0.2) is 0 Å². The number of rotatable bonds is 8. The molecule has 1 unspecified atom stereocenters. The fraction of sp³-hybridized carbons (Fsp3) is 0.292. The van der Waals surface area contributed by atoms with Crippen LogP contribution < -0.4 is 15.4 Å². The molecule has 1 aliphatic rings. The number of aryl methyl sites for hydroxylation is 1. The minimum Gasteiger partial charge on any atom is -0.494 e. The van der Waals surface area contributed by atoms with E-state index in [0.717, 1.165) is 39.7 Å². The third-order valence-corrected chi connectivity index (χ3v) is 6.16. The minimum atomic E-state index is -0.133. The molecule has 6 nitrogen and oxygen atoms in total. The Kier molecular flexibility index (Phi) is 6.62.